The predicted molar refractivity (Wildman–Crippen MR) is 75.8 cm³/mol. The summed E-state index contributed by atoms with van der Waals surface area (Å²) in [4.78, 5) is 10.4. The van der Waals surface area contributed by atoms with E-state index in [9.17, 15) is 4.79 Å². The first-order valence-corrected chi connectivity index (χ1v) is 7.36. The Morgan fingerprint density at radius 2 is 1.78 bits per heavy atom. The van der Waals surface area contributed by atoms with Crippen molar-refractivity contribution < 1.29 is 4.79 Å². The van der Waals surface area contributed by atoms with Crippen LogP contribution in [-0.4, -0.2) is 6.29 Å². The highest BCUT2D eigenvalue weighted by Gasteiger charge is 2.21. The number of hydrogen-bond acceptors (Lipinski definition) is 1. The Bertz CT molecular complexity index is 358. The van der Waals surface area contributed by atoms with Gasteiger partial charge in [0.2, 0.25) is 0 Å². The maximum Gasteiger partial charge on any atom is 0.120 e. The lowest BCUT2D eigenvalue weighted by Gasteiger charge is -2.28. The molecule has 0 saturated heterocycles. The van der Waals surface area contributed by atoms with Crippen LogP contribution in [0.2, 0.25) is 0 Å². The second kappa shape index (κ2) is 6.72. The Kier molecular flexibility index (Phi) is 4.98. The van der Waals surface area contributed by atoms with Crippen molar-refractivity contribution in [2.75, 3.05) is 0 Å². The zero-order valence-corrected chi connectivity index (χ0v) is 11.4. The average molecular weight is 244 g/mol. The molecule has 0 atom stereocenters. The van der Waals surface area contributed by atoms with Gasteiger partial charge >= 0.3 is 0 Å². The minimum Gasteiger partial charge on any atom is -0.303 e. The Balaban J connectivity index is 1.86. The van der Waals surface area contributed by atoms with E-state index in [1.54, 1.807) is 0 Å². The smallest absolute Gasteiger partial charge is 0.120 e. The van der Waals surface area contributed by atoms with Crippen LogP contribution in [0.25, 0.3) is 0 Å². The molecular weight excluding hydrogens is 220 g/mol. The molecule has 1 aliphatic carbocycles. The first kappa shape index (κ1) is 13.3. The third-order valence-electron chi connectivity index (χ3n) is 4.40. The van der Waals surface area contributed by atoms with Crippen molar-refractivity contribution in [2.24, 2.45) is 5.92 Å². The number of carbonyl (C=O) groups excluding carboxylic acids is 1. The molecule has 1 aromatic rings. The molecule has 0 spiro atoms. The topological polar surface area (TPSA) is 17.1 Å². The van der Waals surface area contributed by atoms with Crippen molar-refractivity contribution in [2.45, 2.75) is 57.8 Å². The van der Waals surface area contributed by atoms with E-state index in [-0.39, 0.29) is 0 Å². The second-order valence-corrected chi connectivity index (χ2v) is 5.56. The highest BCUT2D eigenvalue weighted by atomic mass is 16.1. The predicted octanol–water partition coefficient (Wildman–Crippen LogP) is 4.50. The van der Waals surface area contributed by atoms with E-state index in [1.807, 2.05) is 0 Å². The van der Waals surface area contributed by atoms with Crippen LogP contribution in [0, 0.1) is 5.92 Å². The summed E-state index contributed by atoms with van der Waals surface area (Å²) >= 11 is 0. The molecule has 0 aromatic heterocycles. The number of benzene rings is 1. The SMILES string of the molecule is CCc1ccc([C@H]2CC[C@H](CCC=O)CC2)cc1. The van der Waals surface area contributed by atoms with Gasteiger partial charge in [-0.25, -0.2) is 0 Å². The Morgan fingerprint density at radius 3 is 2.33 bits per heavy atom. The van der Waals surface area contributed by atoms with E-state index >= 15 is 0 Å². The largest absolute Gasteiger partial charge is 0.303 e. The van der Waals surface area contributed by atoms with Crippen LogP contribution in [0.15, 0.2) is 24.3 Å². The molecule has 18 heavy (non-hydrogen) atoms. The van der Waals surface area contributed by atoms with Crippen molar-refractivity contribution in [1.82, 2.24) is 0 Å². The highest BCUT2D eigenvalue weighted by molar-refractivity contribution is 5.49. The molecule has 98 valence electrons. The van der Waals surface area contributed by atoms with Gasteiger partial charge in [0.1, 0.15) is 6.29 Å². The minimum absolute atomic E-state index is 0.751. The van der Waals surface area contributed by atoms with Crippen LogP contribution < -0.4 is 0 Å². The molecule has 1 saturated carbocycles. The van der Waals surface area contributed by atoms with Crippen LogP contribution in [0.3, 0.4) is 0 Å². The molecule has 0 N–H and O–H groups in total. The summed E-state index contributed by atoms with van der Waals surface area (Å²) in [6.07, 6.45) is 9.24. The monoisotopic (exact) mass is 244 g/mol. The maximum atomic E-state index is 10.4. The van der Waals surface area contributed by atoms with Crippen LogP contribution in [0.1, 0.15) is 62.5 Å². The van der Waals surface area contributed by atoms with Gasteiger partial charge in [0, 0.05) is 6.42 Å². The van der Waals surface area contributed by atoms with Gasteiger partial charge in [-0.3, -0.25) is 0 Å². The number of rotatable bonds is 5. The van der Waals surface area contributed by atoms with Crippen molar-refractivity contribution in [3.63, 3.8) is 0 Å². The first-order valence-electron chi connectivity index (χ1n) is 7.36. The quantitative estimate of drug-likeness (QED) is 0.697. The van der Waals surface area contributed by atoms with E-state index in [0.29, 0.717) is 0 Å². The van der Waals surface area contributed by atoms with Gasteiger partial charge in [-0.2, -0.15) is 0 Å². The summed E-state index contributed by atoms with van der Waals surface area (Å²) in [5.41, 5.74) is 2.94. The molecule has 0 heterocycles. The van der Waals surface area contributed by atoms with E-state index in [1.165, 1.54) is 36.8 Å². The molecule has 0 aliphatic heterocycles. The van der Waals surface area contributed by atoms with Crippen LogP contribution in [0.4, 0.5) is 0 Å². The fraction of sp³-hybridized carbons (Fsp3) is 0.588. The first-order chi connectivity index (χ1) is 8.83. The van der Waals surface area contributed by atoms with E-state index in [0.717, 1.165) is 37.4 Å². The Labute approximate surface area is 111 Å². The third kappa shape index (κ3) is 3.44. The Hall–Kier alpha value is -1.11. The molecule has 1 aliphatic rings. The van der Waals surface area contributed by atoms with Gasteiger partial charge in [-0.15, -0.1) is 0 Å². The van der Waals surface area contributed by atoms with Crippen molar-refractivity contribution in [3.8, 4) is 0 Å². The van der Waals surface area contributed by atoms with Gasteiger partial charge in [0.05, 0.1) is 0 Å². The molecule has 0 unspecified atom stereocenters. The number of carbonyl (C=O) groups is 1. The summed E-state index contributed by atoms with van der Waals surface area (Å²) in [6.45, 7) is 2.20. The lowest BCUT2D eigenvalue weighted by atomic mass is 9.77. The molecular formula is C17H24O. The lowest BCUT2D eigenvalue weighted by molar-refractivity contribution is -0.108. The van der Waals surface area contributed by atoms with Gasteiger partial charge in [0.25, 0.3) is 0 Å². The summed E-state index contributed by atoms with van der Waals surface area (Å²) in [7, 11) is 0. The summed E-state index contributed by atoms with van der Waals surface area (Å²) in [5, 5.41) is 0. The molecule has 0 amide bonds. The second-order valence-electron chi connectivity index (χ2n) is 5.56. The molecule has 0 bridgehead atoms. The molecule has 1 heteroatoms. The zero-order valence-electron chi connectivity index (χ0n) is 11.4. The summed E-state index contributed by atoms with van der Waals surface area (Å²) < 4.78 is 0. The lowest BCUT2D eigenvalue weighted by Crippen LogP contribution is -2.13. The van der Waals surface area contributed by atoms with Crippen LogP contribution in [-0.2, 0) is 11.2 Å². The number of hydrogen-bond donors (Lipinski definition) is 0. The fourth-order valence-electron chi connectivity index (χ4n) is 3.11. The van der Waals surface area contributed by atoms with Gasteiger partial charge < -0.3 is 4.79 Å². The van der Waals surface area contributed by atoms with Crippen molar-refractivity contribution >= 4 is 6.29 Å². The number of aldehydes is 1. The normalized spacial score (nSPS) is 23.8. The summed E-state index contributed by atoms with van der Waals surface area (Å²) in [6, 6.07) is 9.17. The van der Waals surface area contributed by atoms with Crippen LogP contribution >= 0.6 is 0 Å². The average Bonchev–Trinajstić information content (AvgIpc) is 2.46. The number of aryl methyl sites for hydroxylation is 1. The van der Waals surface area contributed by atoms with Gasteiger partial charge in [-0.1, -0.05) is 31.2 Å². The standard InChI is InChI=1S/C17H24O/c1-2-14-5-9-16(10-6-14)17-11-7-15(8-12-17)4-3-13-18/h5-6,9-10,13,15,17H,2-4,7-8,11-12H2,1H3/t15-,17-. The molecule has 0 radical (unpaired) electrons. The van der Waals surface area contributed by atoms with E-state index in [4.69, 9.17) is 0 Å². The van der Waals surface area contributed by atoms with E-state index in [2.05, 4.69) is 31.2 Å². The highest BCUT2D eigenvalue weighted by Crippen LogP contribution is 2.37. The fourth-order valence-corrected chi connectivity index (χ4v) is 3.11. The van der Waals surface area contributed by atoms with Gasteiger partial charge in [-0.05, 0) is 61.5 Å². The Morgan fingerprint density at radius 1 is 1.11 bits per heavy atom. The zero-order chi connectivity index (χ0) is 12.8. The van der Waals surface area contributed by atoms with Crippen molar-refractivity contribution in [3.05, 3.63) is 35.4 Å². The molecule has 1 nitrogen and oxygen atoms in total. The third-order valence-corrected chi connectivity index (χ3v) is 4.40. The molecule has 1 fully saturated rings. The van der Waals surface area contributed by atoms with E-state index < -0.39 is 0 Å². The molecule has 2 rings (SSSR count). The van der Waals surface area contributed by atoms with Gasteiger partial charge in [0.15, 0.2) is 0 Å². The summed E-state index contributed by atoms with van der Waals surface area (Å²) in [5.74, 6) is 1.55. The minimum atomic E-state index is 0.751. The van der Waals surface area contributed by atoms with Crippen molar-refractivity contribution in [1.29, 1.82) is 0 Å². The van der Waals surface area contributed by atoms with Crippen LogP contribution in [0.5, 0.6) is 0 Å². The molecule has 1 aromatic carbocycles. The maximum absolute atomic E-state index is 10.4.